The summed E-state index contributed by atoms with van der Waals surface area (Å²) >= 11 is 0. The predicted molar refractivity (Wildman–Crippen MR) is 154 cm³/mol. The molecule has 1 fully saturated rings. The molecule has 12 heteroatoms. The lowest BCUT2D eigenvalue weighted by atomic mass is 9.94. The van der Waals surface area contributed by atoms with E-state index in [9.17, 15) is 34.6 Å². The van der Waals surface area contributed by atoms with Crippen molar-refractivity contribution in [3.8, 4) is 5.75 Å². The summed E-state index contributed by atoms with van der Waals surface area (Å²) in [5.74, 6) is -0.799. The number of hydrogen-bond donors (Lipinski definition) is 1. The number of piperidine rings is 1. The Balaban J connectivity index is 1.58. The van der Waals surface area contributed by atoms with Crippen molar-refractivity contribution < 1.29 is 29.0 Å². The number of non-ortho nitro benzene ring substituents is 2. The zero-order valence-corrected chi connectivity index (χ0v) is 22.3. The fraction of sp³-hybridized carbons (Fsp3) is 0.100. The van der Waals surface area contributed by atoms with Crippen LogP contribution in [0, 0.1) is 20.2 Å². The van der Waals surface area contributed by atoms with Crippen LogP contribution in [-0.2, 0) is 14.4 Å². The number of methoxy groups -OCH3 is 1. The number of nitrogens with zero attached hydrogens (tertiary/aromatic N) is 3. The van der Waals surface area contributed by atoms with Crippen molar-refractivity contribution in [3.05, 3.63) is 127 Å². The SMILES string of the molecule is COc1ccc(NC(=O)/C=C/C(=O)N2C/C(=C\c3ccc([N+](=O)[O-])cc3)C(=O)/C(=C/c3ccc([N+](=O)[O-])cc3)C2)cc1. The molecule has 1 aliphatic heterocycles. The Bertz CT molecular complexity index is 1540. The number of carbonyl (C=O) groups is 3. The molecule has 42 heavy (non-hydrogen) atoms. The quantitative estimate of drug-likeness (QED) is 0.234. The summed E-state index contributed by atoms with van der Waals surface area (Å²) in [6.07, 6.45) is 5.26. The van der Waals surface area contributed by atoms with Crippen LogP contribution in [-0.4, -0.2) is 52.5 Å². The Morgan fingerprint density at radius 3 is 1.69 bits per heavy atom. The van der Waals surface area contributed by atoms with E-state index in [4.69, 9.17) is 4.74 Å². The van der Waals surface area contributed by atoms with Gasteiger partial charge in [0.05, 0.1) is 30.0 Å². The second-order valence-corrected chi connectivity index (χ2v) is 9.11. The Morgan fingerprint density at radius 2 is 1.26 bits per heavy atom. The molecule has 12 nitrogen and oxygen atoms in total. The van der Waals surface area contributed by atoms with Crippen molar-refractivity contribution in [2.45, 2.75) is 0 Å². The van der Waals surface area contributed by atoms with E-state index in [2.05, 4.69) is 5.32 Å². The number of nitrogens with one attached hydrogen (secondary N) is 1. The molecule has 1 N–H and O–H groups in total. The first-order chi connectivity index (χ1) is 20.1. The van der Waals surface area contributed by atoms with Gasteiger partial charge in [0.1, 0.15) is 5.75 Å². The van der Waals surface area contributed by atoms with Crippen LogP contribution in [0.2, 0.25) is 0 Å². The largest absolute Gasteiger partial charge is 0.497 e. The topological polar surface area (TPSA) is 162 Å². The molecule has 0 unspecified atom stereocenters. The lowest BCUT2D eigenvalue weighted by molar-refractivity contribution is -0.385. The van der Waals surface area contributed by atoms with Crippen molar-refractivity contribution in [2.24, 2.45) is 0 Å². The molecule has 0 aromatic heterocycles. The van der Waals surface area contributed by atoms with Gasteiger partial charge in [0.2, 0.25) is 11.8 Å². The summed E-state index contributed by atoms with van der Waals surface area (Å²) in [7, 11) is 1.52. The number of benzene rings is 3. The second-order valence-electron chi connectivity index (χ2n) is 9.11. The molecule has 0 saturated carbocycles. The van der Waals surface area contributed by atoms with Crippen LogP contribution in [0.5, 0.6) is 5.75 Å². The summed E-state index contributed by atoms with van der Waals surface area (Å²) in [6.45, 7) is -0.145. The summed E-state index contributed by atoms with van der Waals surface area (Å²) in [4.78, 5) is 61.2. The molecule has 1 saturated heterocycles. The average Bonchev–Trinajstić information content (AvgIpc) is 2.98. The van der Waals surface area contributed by atoms with Crippen molar-refractivity contribution in [1.82, 2.24) is 4.90 Å². The first-order valence-electron chi connectivity index (χ1n) is 12.5. The molecule has 3 aromatic rings. The number of carbonyl (C=O) groups excluding carboxylic acids is 3. The van der Waals surface area contributed by atoms with Gasteiger partial charge in [0.25, 0.3) is 11.4 Å². The van der Waals surface area contributed by atoms with E-state index in [0.717, 1.165) is 12.2 Å². The first-order valence-corrected chi connectivity index (χ1v) is 12.5. The average molecular weight is 569 g/mol. The zero-order valence-electron chi connectivity index (χ0n) is 22.3. The fourth-order valence-electron chi connectivity index (χ4n) is 4.09. The van der Waals surface area contributed by atoms with Gasteiger partial charge < -0.3 is 15.0 Å². The predicted octanol–water partition coefficient (Wildman–Crippen LogP) is 4.58. The molecule has 0 atom stereocenters. The number of anilines is 1. The van der Waals surface area contributed by atoms with Crippen molar-refractivity contribution in [3.63, 3.8) is 0 Å². The maximum Gasteiger partial charge on any atom is 0.269 e. The first kappa shape index (κ1) is 29.1. The minimum absolute atomic E-state index is 0.0727. The highest BCUT2D eigenvalue weighted by molar-refractivity contribution is 6.16. The van der Waals surface area contributed by atoms with E-state index in [1.165, 1.54) is 72.7 Å². The number of amides is 2. The summed E-state index contributed by atoms with van der Waals surface area (Å²) in [5, 5.41) is 24.6. The number of hydrogen-bond acceptors (Lipinski definition) is 8. The third-order valence-corrected chi connectivity index (χ3v) is 6.24. The van der Waals surface area contributed by atoms with E-state index in [-0.39, 0.29) is 41.4 Å². The maximum atomic E-state index is 13.4. The van der Waals surface area contributed by atoms with Crippen LogP contribution in [0.4, 0.5) is 17.1 Å². The van der Waals surface area contributed by atoms with E-state index < -0.39 is 21.7 Å². The van der Waals surface area contributed by atoms with Crippen LogP contribution < -0.4 is 10.1 Å². The molecule has 0 radical (unpaired) electrons. The third-order valence-electron chi connectivity index (χ3n) is 6.24. The van der Waals surface area contributed by atoms with Crippen molar-refractivity contribution in [1.29, 1.82) is 0 Å². The molecular weight excluding hydrogens is 544 g/mol. The molecule has 2 amide bonds. The highest BCUT2D eigenvalue weighted by atomic mass is 16.6. The number of ketones is 1. The Labute approximate surface area is 239 Å². The van der Waals surface area contributed by atoms with E-state index in [0.29, 0.717) is 22.6 Å². The third kappa shape index (κ3) is 7.39. The smallest absolute Gasteiger partial charge is 0.269 e. The molecular formula is C30H24N4O8. The number of nitro benzene ring substituents is 2. The van der Waals surface area contributed by atoms with Gasteiger partial charge >= 0.3 is 0 Å². The molecule has 212 valence electrons. The molecule has 3 aromatic carbocycles. The second kappa shape index (κ2) is 13.0. The summed E-state index contributed by atoms with van der Waals surface area (Å²) in [6, 6.07) is 17.8. The number of likely N-dealkylation sites (tertiary alicyclic amines) is 1. The van der Waals surface area contributed by atoms with E-state index >= 15 is 0 Å². The normalized spacial score (nSPS) is 15.2. The number of rotatable bonds is 8. The highest BCUT2D eigenvalue weighted by Crippen LogP contribution is 2.24. The minimum Gasteiger partial charge on any atom is -0.497 e. The lowest BCUT2D eigenvalue weighted by Gasteiger charge is -2.29. The molecule has 0 bridgehead atoms. The number of ether oxygens (including phenoxy) is 1. The van der Waals surface area contributed by atoms with Gasteiger partial charge in [-0.25, -0.2) is 0 Å². The van der Waals surface area contributed by atoms with Gasteiger partial charge in [-0.1, -0.05) is 0 Å². The Morgan fingerprint density at radius 1 is 0.786 bits per heavy atom. The lowest BCUT2D eigenvalue weighted by Crippen LogP contribution is -2.41. The van der Waals surface area contributed by atoms with Gasteiger partial charge in [-0.3, -0.25) is 34.6 Å². The minimum atomic E-state index is -0.537. The van der Waals surface area contributed by atoms with E-state index in [1.54, 1.807) is 24.3 Å². The zero-order chi connectivity index (χ0) is 30.2. The molecule has 0 spiro atoms. The van der Waals surface area contributed by atoms with Gasteiger partial charge in [-0.05, 0) is 71.8 Å². The highest BCUT2D eigenvalue weighted by Gasteiger charge is 2.28. The maximum absolute atomic E-state index is 13.4. The number of nitro groups is 2. The number of Topliss-reactive ketones (excluding diaryl/α,β-unsaturated/α-hetero) is 1. The Hall–Kier alpha value is -5.91. The van der Waals surface area contributed by atoms with Crippen molar-refractivity contribution in [2.75, 3.05) is 25.5 Å². The van der Waals surface area contributed by atoms with Gasteiger partial charge in [-0.15, -0.1) is 0 Å². The summed E-state index contributed by atoms with van der Waals surface area (Å²) < 4.78 is 5.09. The molecule has 1 heterocycles. The van der Waals surface area contributed by atoms with Crippen LogP contribution in [0.15, 0.2) is 96.1 Å². The fourth-order valence-corrected chi connectivity index (χ4v) is 4.09. The standard InChI is InChI=1S/C30H24N4O8/c1-42-27-12-6-24(7-13-27)31-28(35)14-15-29(36)32-18-22(16-20-2-8-25(9-3-20)33(38)39)30(37)23(19-32)17-21-4-10-26(11-5-21)34(40)41/h2-17H,18-19H2,1H3,(H,31,35)/b15-14+,22-16+,23-17+. The molecule has 1 aliphatic rings. The molecule has 0 aliphatic carbocycles. The monoisotopic (exact) mass is 568 g/mol. The summed E-state index contributed by atoms with van der Waals surface area (Å²) in [5.41, 5.74) is 1.80. The van der Waals surface area contributed by atoms with E-state index in [1.807, 2.05) is 0 Å². The van der Waals surface area contributed by atoms with Gasteiger partial charge in [0.15, 0.2) is 5.78 Å². The van der Waals surface area contributed by atoms with Gasteiger partial charge in [-0.2, -0.15) is 0 Å². The van der Waals surface area contributed by atoms with Crippen LogP contribution >= 0.6 is 0 Å². The van der Waals surface area contributed by atoms with Crippen LogP contribution in [0.1, 0.15) is 11.1 Å². The van der Waals surface area contributed by atoms with Crippen molar-refractivity contribution >= 4 is 46.8 Å². The van der Waals surface area contributed by atoms with Crippen LogP contribution in [0.25, 0.3) is 12.2 Å². The Kier molecular flexibility index (Phi) is 8.98. The van der Waals surface area contributed by atoms with Gasteiger partial charge in [0, 0.05) is 53.3 Å². The molecule has 4 rings (SSSR count). The van der Waals surface area contributed by atoms with Crippen LogP contribution in [0.3, 0.4) is 0 Å².